The van der Waals surface area contributed by atoms with Crippen LogP contribution in [0.25, 0.3) is 0 Å². The normalized spacial score (nSPS) is 11.6. The molecule has 0 heterocycles. The number of nitrogens with one attached hydrogen (secondary N) is 1. The largest absolute Gasteiger partial charge is 0.484 e. The molecule has 1 atom stereocenters. The maximum absolute atomic E-state index is 13.0. The van der Waals surface area contributed by atoms with E-state index in [4.69, 9.17) is 22.1 Å². The topological polar surface area (TPSA) is 81.4 Å². The molecule has 0 fully saturated rings. The number of halogens is 2. The summed E-state index contributed by atoms with van der Waals surface area (Å²) in [6.07, 6.45) is 0. The molecule has 0 bridgehead atoms. The van der Waals surface area contributed by atoms with Gasteiger partial charge in [-0.2, -0.15) is 0 Å². The van der Waals surface area contributed by atoms with Crippen molar-refractivity contribution >= 4 is 23.4 Å². The van der Waals surface area contributed by atoms with Crippen LogP contribution in [-0.4, -0.2) is 18.4 Å². The summed E-state index contributed by atoms with van der Waals surface area (Å²) in [4.78, 5) is 23.4. The van der Waals surface area contributed by atoms with Crippen LogP contribution in [0.1, 0.15) is 11.6 Å². The molecule has 23 heavy (non-hydrogen) atoms. The summed E-state index contributed by atoms with van der Waals surface area (Å²) in [6, 6.07) is 11.4. The summed E-state index contributed by atoms with van der Waals surface area (Å²) < 4.78 is 18.2. The average molecular weight is 337 g/mol. The number of benzene rings is 2. The van der Waals surface area contributed by atoms with Gasteiger partial charge in [-0.15, -0.1) is 0 Å². The predicted molar refractivity (Wildman–Crippen MR) is 83.4 cm³/mol. The highest BCUT2D eigenvalue weighted by molar-refractivity contribution is 6.30. The molecule has 0 aliphatic carbocycles. The number of hydrogen-bond donors (Lipinski definition) is 2. The molecule has 2 rings (SSSR count). The fourth-order valence-corrected chi connectivity index (χ4v) is 2.05. The van der Waals surface area contributed by atoms with Crippen molar-refractivity contribution < 1.29 is 18.7 Å². The van der Waals surface area contributed by atoms with Crippen molar-refractivity contribution in [2.45, 2.75) is 6.04 Å². The number of carbonyl (C=O) groups is 2. The van der Waals surface area contributed by atoms with Gasteiger partial charge in [0, 0.05) is 6.07 Å². The predicted octanol–water partition coefficient (Wildman–Crippen LogP) is 2.20. The minimum atomic E-state index is -0.955. The van der Waals surface area contributed by atoms with Crippen LogP contribution in [-0.2, 0) is 9.59 Å². The maximum Gasteiger partial charge on any atom is 0.258 e. The van der Waals surface area contributed by atoms with Gasteiger partial charge in [-0.1, -0.05) is 41.9 Å². The van der Waals surface area contributed by atoms with E-state index in [2.05, 4.69) is 5.32 Å². The highest BCUT2D eigenvalue weighted by Gasteiger charge is 2.20. The van der Waals surface area contributed by atoms with Crippen LogP contribution in [0.5, 0.6) is 5.75 Å². The Labute approximate surface area is 137 Å². The lowest BCUT2D eigenvalue weighted by Crippen LogP contribution is -2.39. The van der Waals surface area contributed by atoms with Crippen molar-refractivity contribution in [3.05, 3.63) is 64.9 Å². The molecular weight excluding hydrogens is 323 g/mol. The lowest BCUT2D eigenvalue weighted by molar-refractivity contribution is -0.128. The molecule has 120 valence electrons. The first-order chi connectivity index (χ1) is 11.0. The highest BCUT2D eigenvalue weighted by atomic mass is 35.5. The van der Waals surface area contributed by atoms with Gasteiger partial charge in [-0.25, -0.2) is 4.39 Å². The third-order valence-corrected chi connectivity index (χ3v) is 3.27. The fraction of sp³-hybridized carbons (Fsp3) is 0.125. The number of rotatable bonds is 6. The van der Waals surface area contributed by atoms with Crippen molar-refractivity contribution in [2.24, 2.45) is 5.73 Å². The number of amides is 2. The molecule has 2 aromatic rings. The van der Waals surface area contributed by atoms with Crippen LogP contribution in [0.2, 0.25) is 5.02 Å². The zero-order valence-corrected chi connectivity index (χ0v) is 12.7. The Morgan fingerprint density at radius 3 is 2.52 bits per heavy atom. The summed E-state index contributed by atoms with van der Waals surface area (Å²) in [6.45, 7) is -0.363. The Kier molecular flexibility index (Phi) is 5.54. The summed E-state index contributed by atoms with van der Waals surface area (Å²) in [7, 11) is 0. The molecule has 7 heteroatoms. The van der Waals surface area contributed by atoms with Gasteiger partial charge in [0.15, 0.2) is 6.61 Å². The SMILES string of the molecule is NC(=O)C(NC(=O)COc1ccc(F)c(Cl)c1)c1ccccc1. The second-order valence-electron chi connectivity index (χ2n) is 4.68. The average Bonchev–Trinajstić information content (AvgIpc) is 2.54. The van der Waals surface area contributed by atoms with E-state index in [0.717, 1.165) is 6.07 Å². The minimum absolute atomic E-state index is 0.109. The molecule has 0 aliphatic rings. The molecule has 0 radical (unpaired) electrons. The zero-order valence-electron chi connectivity index (χ0n) is 12.0. The third kappa shape index (κ3) is 4.69. The van der Waals surface area contributed by atoms with Crippen molar-refractivity contribution in [3.63, 3.8) is 0 Å². The van der Waals surface area contributed by atoms with Gasteiger partial charge in [-0.3, -0.25) is 9.59 Å². The van der Waals surface area contributed by atoms with Gasteiger partial charge < -0.3 is 15.8 Å². The standard InChI is InChI=1S/C16H14ClFN2O3/c17-12-8-11(6-7-13(12)18)23-9-14(21)20-15(16(19)22)10-4-2-1-3-5-10/h1-8,15H,9H2,(H2,19,22)(H,20,21). The van der Waals surface area contributed by atoms with Crippen LogP contribution < -0.4 is 15.8 Å². The summed E-state index contributed by atoms with van der Waals surface area (Å²) in [5.74, 6) is -1.57. The lowest BCUT2D eigenvalue weighted by atomic mass is 10.1. The fourth-order valence-electron chi connectivity index (χ4n) is 1.88. The number of primary amides is 1. The van der Waals surface area contributed by atoms with Crippen LogP contribution in [0.15, 0.2) is 48.5 Å². The van der Waals surface area contributed by atoms with Gasteiger partial charge in [0.1, 0.15) is 17.6 Å². The van der Waals surface area contributed by atoms with E-state index in [-0.39, 0.29) is 17.4 Å². The van der Waals surface area contributed by atoms with Crippen molar-refractivity contribution in [3.8, 4) is 5.75 Å². The molecule has 2 aromatic carbocycles. The summed E-state index contributed by atoms with van der Waals surface area (Å²) >= 11 is 5.62. The van der Waals surface area contributed by atoms with E-state index in [1.165, 1.54) is 12.1 Å². The summed E-state index contributed by atoms with van der Waals surface area (Å²) in [5.41, 5.74) is 5.87. The van der Waals surface area contributed by atoms with Gasteiger partial charge >= 0.3 is 0 Å². The first-order valence-corrected chi connectivity index (χ1v) is 7.06. The Hall–Kier alpha value is -2.60. The molecule has 0 saturated heterocycles. The molecule has 0 saturated carbocycles. The lowest BCUT2D eigenvalue weighted by Gasteiger charge is -2.16. The first-order valence-electron chi connectivity index (χ1n) is 6.69. The monoisotopic (exact) mass is 336 g/mol. The molecular formula is C16H14ClFN2O3. The molecule has 5 nitrogen and oxygen atoms in total. The maximum atomic E-state index is 13.0. The first kappa shape index (κ1) is 16.8. The van der Waals surface area contributed by atoms with E-state index < -0.39 is 23.7 Å². The number of ether oxygens (including phenoxy) is 1. The zero-order chi connectivity index (χ0) is 16.8. The quantitative estimate of drug-likeness (QED) is 0.848. The van der Waals surface area contributed by atoms with Crippen molar-refractivity contribution in [1.82, 2.24) is 5.32 Å². The van der Waals surface area contributed by atoms with E-state index in [1.807, 2.05) is 0 Å². The molecule has 1 unspecified atom stereocenters. The van der Waals surface area contributed by atoms with Gasteiger partial charge in [-0.05, 0) is 17.7 Å². The Morgan fingerprint density at radius 2 is 1.91 bits per heavy atom. The smallest absolute Gasteiger partial charge is 0.258 e. The Bertz CT molecular complexity index is 710. The minimum Gasteiger partial charge on any atom is -0.484 e. The van der Waals surface area contributed by atoms with Gasteiger partial charge in [0.25, 0.3) is 5.91 Å². The van der Waals surface area contributed by atoms with Crippen LogP contribution in [0.3, 0.4) is 0 Å². The number of nitrogens with two attached hydrogens (primary N) is 1. The van der Waals surface area contributed by atoms with E-state index in [9.17, 15) is 14.0 Å². The molecule has 3 N–H and O–H groups in total. The van der Waals surface area contributed by atoms with Crippen LogP contribution in [0.4, 0.5) is 4.39 Å². The number of hydrogen-bond acceptors (Lipinski definition) is 3. The molecule has 0 aromatic heterocycles. The number of carbonyl (C=O) groups excluding carboxylic acids is 2. The van der Waals surface area contributed by atoms with E-state index >= 15 is 0 Å². The second-order valence-corrected chi connectivity index (χ2v) is 5.09. The third-order valence-electron chi connectivity index (χ3n) is 2.98. The van der Waals surface area contributed by atoms with Crippen molar-refractivity contribution in [1.29, 1.82) is 0 Å². The molecule has 0 aliphatic heterocycles. The van der Waals surface area contributed by atoms with Crippen LogP contribution >= 0.6 is 11.6 Å². The summed E-state index contributed by atoms with van der Waals surface area (Å²) in [5, 5.41) is 2.37. The van der Waals surface area contributed by atoms with E-state index in [1.54, 1.807) is 30.3 Å². The Balaban J connectivity index is 1.97. The second kappa shape index (κ2) is 7.60. The van der Waals surface area contributed by atoms with E-state index in [0.29, 0.717) is 5.56 Å². The van der Waals surface area contributed by atoms with Crippen LogP contribution in [0, 0.1) is 5.82 Å². The molecule has 0 spiro atoms. The van der Waals surface area contributed by atoms with Gasteiger partial charge in [0.05, 0.1) is 5.02 Å². The van der Waals surface area contributed by atoms with Crippen molar-refractivity contribution in [2.75, 3.05) is 6.61 Å². The highest BCUT2D eigenvalue weighted by Crippen LogP contribution is 2.21. The Morgan fingerprint density at radius 1 is 1.22 bits per heavy atom. The van der Waals surface area contributed by atoms with Gasteiger partial charge in [0.2, 0.25) is 5.91 Å². The molecule has 2 amide bonds.